The number of rotatable bonds is 2. The van der Waals surface area contributed by atoms with E-state index >= 15 is 0 Å². The van der Waals surface area contributed by atoms with Gasteiger partial charge in [0.25, 0.3) is 0 Å². The van der Waals surface area contributed by atoms with Crippen molar-refractivity contribution in [3.8, 4) is 0 Å². The molecule has 0 radical (unpaired) electrons. The SMILES string of the molecule is CCc1nc(C)c2ccc(C(=N)N)cn12. The zero-order chi connectivity index (χ0) is 11.0. The molecule has 2 aromatic heterocycles. The number of nitrogens with one attached hydrogen (secondary N) is 1. The quantitative estimate of drug-likeness (QED) is 0.572. The number of hydrogen-bond donors (Lipinski definition) is 2. The fourth-order valence-electron chi connectivity index (χ4n) is 1.72. The van der Waals surface area contributed by atoms with Crippen LogP contribution in [0.5, 0.6) is 0 Å². The molecule has 0 saturated heterocycles. The van der Waals surface area contributed by atoms with Crippen molar-refractivity contribution in [1.82, 2.24) is 9.38 Å². The molecule has 78 valence electrons. The van der Waals surface area contributed by atoms with Crippen molar-refractivity contribution in [2.45, 2.75) is 20.3 Å². The second kappa shape index (κ2) is 3.38. The Morgan fingerprint density at radius 3 is 2.87 bits per heavy atom. The number of aryl methyl sites for hydroxylation is 2. The zero-order valence-corrected chi connectivity index (χ0v) is 8.91. The molecule has 0 unspecified atom stereocenters. The van der Waals surface area contributed by atoms with Crippen molar-refractivity contribution in [3.63, 3.8) is 0 Å². The lowest BCUT2D eigenvalue weighted by Gasteiger charge is -2.02. The van der Waals surface area contributed by atoms with Crippen molar-refractivity contribution in [1.29, 1.82) is 5.41 Å². The third kappa shape index (κ3) is 1.48. The molecule has 0 aliphatic carbocycles. The monoisotopic (exact) mass is 202 g/mol. The second-order valence-corrected chi connectivity index (χ2v) is 3.55. The van der Waals surface area contributed by atoms with Gasteiger partial charge in [0.2, 0.25) is 0 Å². The third-order valence-corrected chi connectivity index (χ3v) is 2.52. The molecule has 0 bridgehead atoms. The molecule has 0 amide bonds. The average molecular weight is 202 g/mol. The summed E-state index contributed by atoms with van der Waals surface area (Å²) >= 11 is 0. The van der Waals surface area contributed by atoms with Gasteiger partial charge in [0.15, 0.2) is 0 Å². The summed E-state index contributed by atoms with van der Waals surface area (Å²) < 4.78 is 2.01. The van der Waals surface area contributed by atoms with Gasteiger partial charge in [0.05, 0.1) is 11.2 Å². The first-order valence-electron chi connectivity index (χ1n) is 4.95. The number of nitrogens with zero attached hydrogens (tertiary/aromatic N) is 2. The molecule has 0 aliphatic heterocycles. The predicted octanol–water partition coefficient (Wildman–Crippen LogP) is 1.49. The van der Waals surface area contributed by atoms with Crippen LogP contribution < -0.4 is 5.73 Å². The Kier molecular flexibility index (Phi) is 2.19. The standard InChI is InChI=1S/C11H14N4/c1-3-10-14-7(2)9-5-4-8(11(12)13)6-15(9)10/h4-6H,3H2,1-2H3,(H3,12,13). The smallest absolute Gasteiger partial charge is 0.124 e. The highest BCUT2D eigenvalue weighted by Gasteiger charge is 2.07. The van der Waals surface area contributed by atoms with Gasteiger partial charge in [0.1, 0.15) is 11.7 Å². The molecule has 2 aromatic rings. The van der Waals surface area contributed by atoms with Crippen LogP contribution in [0.15, 0.2) is 18.3 Å². The molecular weight excluding hydrogens is 188 g/mol. The van der Waals surface area contributed by atoms with E-state index in [4.69, 9.17) is 11.1 Å². The maximum atomic E-state index is 7.39. The first kappa shape index (κ1) is 9.71. The lowest BCUT2D eigenvalue weighted by Crippen LogP contribution is -2.12. The predicted molar refractivity (Wildman–Crippen MR) is 60.3 cm³/mol. The van der Waals surface area contributed by atoms with E-state index in [1.54, 1.807) is 0 Å². The Labute approximate surface area is 88.3 Å². The van der Waals surface area contributed by atoms with Crippen LogP contribution in [0, 0.1) is 12.3 Å². The summed E-state index contributed by atoms with van der Waals surface area (Å²) in [5.74, 6) is 1.09. The highest BCUT2D eigenvalue weighted by atomic mass is 15.0. The summed E-state index contributed by atoms with van der Waals surface area (Å²) in [6.45, 7) is 4.05. The molecule has 4 heteroatoms. The third-order valence-electron chi connectivity index (χ3n) is 2.52. The molecule has 15 heavy (non-hydrogen) atoms. The number of hydrogen-bond acceptors (Lipinski definition) is 2. The normalized spacial score (nSPS) is 10.8. The van der Waals surface area contributed by atoms with Crippen LogP contribution in [0.1, 0.15) is 24.0 Å². The first-order valence-corrected chi connectivity index (χ1v) is 4.95. The largest absolute Gasteiger partial charge is 0.384 e. The molecule has 0 fully saturated rings. The molecule has 3 N–H and O–H groups in total. The van der Waals surface area contributed by atoms with Crippen molar-refractivity contribution >= 4 is 11.4 Å². The van der Waals surface area contributed by atoms with Gasteiger partial charge >= 0.3 is 0 Å². The van der Waals surface area contributed by atoms with E-state index in [2.05, 4.69) is 11.9 Å². The minimum Gasteiger partial charge on any atom is -0.384 e. The number of imidazole rings is 1. The highest BCUT2D eigenvalue weighted by Crippen LogP contribution is 2.14. The summed E-state index contributed by atoms with van der Waals surface area (Å²) in [5, 5.41) is 7.39. The summed E-state index contributed by atoms with van der Waals surface area (Å²) in [4.78, 5) is 4.46. The van der Waals surface area contributed by atoms with Gasteiger partial charge in [-0.15, -0.1) is 0 Å². The van der Waals surface area contributed by atoms with E-state index in [9.17, 15) is 0 Å². The van der Waals surface area contributed by atoms with Crippen LogP contribution >= 0.6 is 0 Å². The molecule has 2 rings (SSSR count). The lowest BCUT2D eigenvalue weighted by molar-refractivity contribution is 0.928. The van der Waals surface area contributed by atoms with Crippen LogP contribution in [-0.2, 0) is 6.42 Å². The Morgan fingerprint density at radius 2 is 2.27 bits per heavy atom. The van der Waals surface area contributed by atoms with E-state index in [0.29, 0.717) is 0 Å². The molecule has 0 aromatic carbocycles. The number of aromatic nitrogens is 2. The van der Waals surface area contributed by atoms with E-state index in [-0.39, 0.29) is 5.84 Å². The molecule has 2 heterocycles. The minimum atomic E-state index is 0.0882. The van der Waals surface area contributed by atoms with Crippen molar-refractivity contribution in [2.24, 2.45) is 5.73 Å². The number of pyridine rings is 1. The Morgan fingerprint density at radius 1 is 1.53 bits per heavy atom. The first-order chi connectivity index (χ1) is 7.13. The van der Waals surface area contributed by atoms with Crippen LogP contribution in [0.4, 0.5) is 0 Å². The molecule has 0 spiro atoms. The minimum absolute atomic E-state index is 0.0882. The molecular formula is C11H14N4. The van der Waals surface area contributed by atoms with Crippen LogP contribution in [0.2, 0.25) is 0 Å². The van der Waals surface area contributed by atoms with Crippen LogP contribution in [0.25, 0.3) is 5.52 Å². The maximum Gasteiger partial charge on any atom is 0.124 e. The van der Waals surface area contributed by atoms with Crippen molar-refractivity contribution < 1.29 is 0 Å². The lowest BCUT2D eigenvalue weighted by atomic mass is 10.2. The zero-order valence-electron chi connectivity index (χ0n) is 8.91. The number of nitrogen functional groups attached to an aromatic ring is 1. The summed E-state index contributed by atoms with van der Waals surface area (Å²) in [6, 6.07) is 3.81. The van der Waals surface area contributed by atoms with E-state index in [0.717, 1.165) is 29.0 Å². The van der Waals surface area contributed by atoms with Crippen molar-refractivity contribution in [3.05, 3.63) is 35.4 Å². The summed E-state index contributed by atoms with van der Waals surface area (Å²) in [5.41, 5.74) is 8.28. The topological polar surface area (TPSA) is 67.2 Å². The number of fused-ring (bicyclic) bond motifs is 1. The van der Waals surface area contributed by atoms with Crippen LogP contribution in [0.3, 0.4) is 0 Å². The van der Waals surface area contributed by atoms with E-state index in [1.807, 2.05) is 29.7 Å². The second-order valence-electron chi connectivity index (χ2n) is 3.55. The molecule has 0 atom stereocenters. The Hall–Kier alpha value is -1.84. The number of nitrogens with two attached hydrogens (primary N) is 1. The Bertz CT molecular complexity index is 525. The van der Waals surface area contributed by atoms with Crippen molar-refractivity contribution in [2.75, 3.05) is 0 Å². The molecule has 0 saturated carbocycles. The van der Waals surface area contributed by atoms with Gasteiger partial charge in [-0.2, -0.15) is 0 Å². The summed E-state index contributed by atoms with van der Waals surface area (Å²) in [6.07, 6.45) is 2.74. The fraction of sp³-hybridized carbons (Fsp3) is 0.273. The van der Waals surface area contributed by atoms with Crippen LogP contribution in [-0.4, -0.2) is 15.2 Å². The van der Waals surface area contributed by atoms with Gasteiger partial charge in [-0.05, 0) is 19.1 Å². The number of amidine groups is 1. The van der Waals surface area contributed by atoms with Gasteiger partial charge in [-0.3, -0.25) is 5.41 Å². The highest BCUT2D eigenvalue weighted by molar-refractivity contribution is 5.95. The van der Waals surface area contributed by atoms with E-state index in [1.165, 1.54) is 0 Å². The summed E-state index contributed by atoms with van der Waals surface area (Å²) in [7, 11) is 0. The van der Waals surface area contributed by atoms with Gasteiger partial charge in [0, 0.05) is 18.2 Å². The maximum absolute atomic E-state index is 7.39. The van der Waals surface area contributed by atoms with E-state index < -0.39 is 0 Å². The van der Waals surface area contributed by atoms with Gasteiger partial charge in [-0.25, -0.2) is 4.98 Å². The molecule has 0 aliphatic rings. The van der Waals surface area contributed by atoms with Gasteiger partial charge in [-0.1, -0.05) is 6.92 Å². The van der Waals surface area contributed by atoms with Gasteiger partial charge < -0.3 is 10.1 Å². The molecule has 4 nitrogen and oxygen atoms in total. The average Bonchev–Trinajstić information content (AvgIpc) is 2.55. The Balaban J connectivity index is 2.73. The fourth-order valence-corrected chi connectivity index (χ4v) is 1.72.